The second-order valence-electron chi connectivity index (χ2n) is 4.88. The highest BCUT2D eigenvalue weighted by atomic mass is 79.9. The Kier molecular flexibility index (Phi) is 5.35. The van der Waals surface area contributed by atoms with Gasteiger partial charge in [-0.25, -0.2) is 0 Å². The Balaban J connectivity index is 2.71. The Morgan fingerprint density at radius 2 is 1.59 bits per heavy atom. The second-order valence-corrected chi connectivity index (χ2v) is 5.73. The topological polar surface area (TPSA) is 0 Å². The highest BCUT2D eigenvalue weighted by molar-refractivity contribution is 9.10. The van der Waals surface area contributed by atoms with Crippen LogP contribution in [0.4, 0.5) is 0 Å². The van der Waals surface area contributed by atoms with Crippen molar-refractivity contribution in [1.82, 2.24) is 0 Å². The van der Waals surface area contributed by atoms with E-state index in [1.165, 1.54) is 0 Å². The quantitative estimate of drug-likeness (QED) is 0.540. The molecule has 0 aromatic heterocycles. The largest absolute Gasteiger partial charge is 0.0984 e. The average Bonchev–Trinajstić information content (AvgIpc) is 2.54. The Labute approximate surface area is 141 Å². The van der Waals surface area contributed by atoms with Gasteiger partial charge in [0.1, 0.15) is 0 Å². The lowest BCUT2D eigenvalue weighted by molar-refractivity contribution is 1.52. The Morgan fingerprint density at radius 3 is 2.18 bits per heavy atom. The zero-order valence-electron chi connectivity index (χ0n) is 12.8. The molecule has 0 radical (unpaired) electrons. The molecule has 2 aromatic rings. The maximum atomic E-state index is 3.96. The van der Waals surface area contributed by atoms with Gasteiger partial charge >= 0.3 is 0 Å². The van der Waals surface area contributed by atoms with Crippen molar-refractivity contribution in [2.45, 2.75) is 6.92 Å². The van der Waals surface area contributed by atoms with Crippen LogP contribution in [0.5, 0.6) is 0 Å². The molecule has 0 fully saturated rings. The maximum absolute atomic E-state index is 3.96. The molecule has 110 valence electrons. The first-order valence-electron chi connectivity index (χ1n) is 7.13. The summed E-state index contributed by atoms with van der Waals surface area (Å²) in [5.74, 6) is 0. The van der Waals surface area contributed by atoms with E-state index in [-0.39, 0.29) is 0 Å². The highest BCUT2D eigenvalue weighted by Gasteiger charge is 2.10. The van der Waals surface area contributed by atoms with Crippen LogP contribution < -0.4 is 0 Å². The molecule has 0 bridgehead atoms. The van der Waals surface area contributed by atoms with Gasteiger partial charge in [0.05, 0.1) is 0 Å². The molecule has 0 heterocycles. The third-order valence-electron chi connectivity index (χ3n) is 3.61. The SMILES string of the molecule is C=Cc1ccc(-c2ccc(Br)c(C=C)c2C=C)cc1/C=C\C. The Hall–Kier alpha value is -2.12. The fourth-order valence-electron chi connectivity index (χ4n) is 2.54. The van der Waals surface area contributed by atoms with Crippen LogP contribution in [-0.4, -0.2) is 0 Å². The van der Waals surface area contributed by atoms with E-state index in [0.29, 0.717) is 0 Å². The predicted molar refractivity (Wildman–Crippen MR) is 105 cm³/mol. The zero-order valence-corrected chi connectivity index (χ0v) is 14.4. The molecule has 22 heavy (non-hydrogen) atoms. The maximum Gasteiger partial charge on any atom is 0.0253 e. The summed E-state index contributed by atoms with van der Waals surface area (Å²) in [7, 11) is 0. The van der Waals surface area contributed by atoms with Crippen molar-refractivity contribution in [2.75, 3.05) is 0 Å². The van der Waals surface area contributed by atoms with E-state index >= 15 is 0 Å². The molecule has 0 amide bonds. The molecule has 2 aromatic carbocycles. The van der Waals surface area contributed by atoms with E-state index in [1.807, 2.05) is 31.2 Å². The van der Waals surface area contributed by atoms with Gasteiger partial charge < -0.3 is 0 Å². The summed E-state index contributed by atoms with van der Waals surface area (Å²) in [4.78, 5) is 0. The van der Waals surface area contributed by atoms with E-state index in [2.05, 4.69) is 72.1 Å². The van der Waals surface area contributed by atoms with Crippen molar-refractivity contribution in [2.24, 2.45) is 0 Å². The lowest BCUT2D eigenvalue weighted by Gasteiger charge is -2.13. The summed E-state index contributed by atoms with van der Waals surface area (Å²) in [6, 6.07) is 10.6. The third kappa shape index (κ3) is 3.05. The minimum atomic E-state index is 1.03. The third-order valence-corrected chi connectivity index (χ3v) is 4.30. The lowest BCUT2D eigenvalue weighted by Crippen LogP contribution is -1.91. The van der Waals surface area contributed by atoms with Gasteiger partial charge in [0, 0.05) is 4.47 Å². The summed E-state index contributed by atoms with van der Waals surface area (Å²) in [6.07, 6.45) is 9.76. The molecule has 0 N–H and O–H groups in total. The van der Waals surface area contributed by atoms with Gasteiger partial charge in [-0.2, -0.15) is 0 Å². The minimum Gasteiger partial charge on any atom is -0.0984 e. The number of hydrogen-bond acceptors (Lipinski definition) is 0. The fourth-order valence-corrected chi connectivity index (χ4v) is 3.05. The van der Waals surface area contributed by atoms with Crippen LogP contribution >= 0.6 is 15.9 Å². The molecule has 2 rings (SSSR count). The number of rotatable bonds is 5. The normalized spacial score (nSPS) is 10.6. The summed E-state index contributed by atoms with van der Waals surface area (Å²) >= 11 is 3.57. The molecule has 0 nitrogen and oxygen atoms in total. The van der Waals surface area contributed by atoms with Gasteiger partial charge in [-0.05, 0) is 52.4 Å². The van der Waals surface area contributed by atoms with Crippen LogP contribution in [0.2, 0.25) is 0 Å². The fraction of sp³-hybridized carbons (Fsp3) is 0.0476. The van der Waals surface area contributed by atoms with Crippen LogP contribution in [0, 0.1) is 0 Å². The standard InChI is InChI=1S/C21H19Br/c1-5-9-16-14-17(11-10-15(16)6-2)20-12-13-21(22)19(8-4)18(20)7-3/h5-14H,2-4H2,1H3/b9-5-. The first kappa shape index (κ1) is 16.3. The Bertz CT molecular complexity index is 764. The van der Waals surface area contributed by atoms with Crippen LogP contribution in [0.25, 0.3) is 35.4 Å². The van der Waals surface area contributed by atoms with Gasteiger partial charge in [0.15, 0.2) is 0 Å². The summed E-state index contributed by atoms with van der Waals surface area (Å²) in [5, 5.41) is 0. The number of halogens is 1. The number of hydrogen-bond donors (Lipinski definition) is 0. The van der Waals surface area contributed by atoms with Crippen LogP contribution in [0.3, 0.4) is 0 Å². The molecule has 0 aliphatic carbocycles. The lowest BCUT2D eigenvalue weighted by atomic mass is 9.93. The predicted octanol–water partition coefficient (Wildman–Crippen LogP) is 7.08. The molecule has 0 atom stereocenters. The second kappa shape index (κ2) is 7.24. The van der Waals surface area contributed by atoms with E-state index in [9.17, 15) is 0 Å². The molecule has 0 unspecified atom stereocenters. The van der Waals surface area contributed by atoms with Crippen LogP contribution in [-0.2, 0) is 0 Å². The van der Waals surface area contributed by atoms with Gasteiger partial charge in [0.25, 0.3) is 0 Å². The first-order chi connectivity index (χ1) is 10.7. The summed E-state index contributed by atoms with van der Waals surface area (Å²) < 4.78 is 1.03. The van der Waals surface area contributed by atoms with E-state index in [1.54, 1.807) is 0 Å². The van der Waals surface area contributed by atoms with Crippen molar-refractivity contribution in [3.05, 3.63) is 82.9 Å². The molecule has 0 saturated heterocycles. The molecule has 0 aliphatic rings. The van der Waals surface area contributed by atoms with Crippen molar-refractivity contribution in [3.63, 3.8) is 0 Å². The van der Waals surface area contributed by atoms with Gasteiger partial charge in [-0.1, -0.05) is 84.2 Å². The smallest absolute Gasteiger partial charge is 0.0253 e. The summed E-state index contributed by atoms with van der Waals surface area (Å²) in [6.45, 7) is 13.8. The van der Waals surface area contributed by atoms with Crippen molar-refractivity contribution < 1.29 is 0 Å². The molecule has 0 saturated carbocycles. The average molecular weight is 351 g/mol. The van der Waals surface area contributed by atoms with E-state index in [0.717, 1.165) is 37.9 Å². The molecular weight excluding hydrogens is 332 g/mol. The highest BCUT2D eigenvalue weighted by Crippen LogP contribution is 2.34. The van der Waals surface area contributed by atoms with Gasteiger partial charge in [-0.15, -0.1) is 0 Å². The van der Waals surface area contributed by atoms with Crippen molar-refractivity contribution in [3.8, 4) is 11.1 Å². The van der Waals surface area contributed by atoms with Gasteiger partial charge in [-0.3, -0.25) is 0 Å². The molecule has 0 aliphatic heterocycles. The van der Waals surface area contributed by atoms with E-state index in [4.69, 9.17) is 0 Å². The monoisotopic (exact) mass is 350 g/mol. The van der Waals surface area contributed by atoms with E-state index < -0.39 is 0 Å². The molecule has 0 spiro atoms. The first-order valence-corrected chi connectivity index (χ1v) is 7.92. The zero-order chi connectivity index (χ0) is 16.1. The van der Waals surface area contributed by atoms with Gasteiger partial charge in [0.2, 0.25) is 0 Å². The minimum absolute atomic E-state index is 1.03. The van der Waals surface area contributed by atoms with Crippen LogP contribution in [0.1, 0.15) is 29.2 Å². The molecule has 1 heteroatoms. The number of allylic oxidation sites excluding steroid dienone is 1. The Morgan fingerprint density at radius 1 is 0.864 bits per heavy atom. The number of benzene rings is 2. The van der Waals surface area contributed by atoms with Crippen molar-refractivity contribution >= 4 is 40.2 Å². The van der Waals surface area contributed by atoms with Crippen LogP contribution in [0.15, 0.2) is 60.6 Å². The molecular formula is C21H19Br. The summed E-state index contributed by atoms with van der Waals surface area (Å²) in [5.41, 5.74) is 6.74. The van der Waals surface area contributed by atoms with Crippen molar-refractivity contribution in [1.29, 1.82) is 0 Å².